The Kier molecular flexibility index (Phi) is 3.04. The second kappa shape index (κ2) is 4.91. The smallest absolute Gasteiger partial charge is 0.294 e. The molecule has 0 radical (unpaired) electrons. The predicted octanol–water partition coefficient (Wildman–Crippen LogP) is 2.29. The molecule has 122 valence electrons. The van der Waals surface area contributed by atoms with Gasteiger partial charge >= 0.3 is 0 Å². The van der Waals surface area contributed by atoms with Gasteiger partial charge in [-0.25, -0.2) is 4.99 Å². The van der Waals surface area contributed by atoms with Crippen LogP contribution < -0.4 is 0 Å². The van der Waals surface area contributed by atoms with Crippen LogP contribution in [0.2, 0.25) is 0 Å². The number of para-hydroxylation sites is 1. The maximum atomic E-state index is 11.3. The molecule has 2 heterocycles. The minimum Gasteiger partial charge on any atom is -0.494 e. The minimum absolute atomic E-state index is 0.128. The van der Waals surface area contributed by atoms with Crippen LogP contribution in [0.15, 0.2) is 52.4 Å². The Labute approximate surface area is 136 Å². The summed E-state index contributed by atoms with van der Waals surface area (Å²) < 4.78 is 31.7. The number of aromatic nitrogens is 1. The van der Waals surface area contributed by atoms with Gasteiger partial charge in [-0.05, 0) is 24.3 Å². The Balaban J connectivity index is 1.88. The number of aliphatic imine (C=N–C) groups is 1. The molecule has 0 amide bonds. The van der Waals surface area contributed by atoms with Crippen LogP contribution in [0.5, 0.6) is 5.88 Å². The lowest BCUT2D eigenvalue weighted by Gasteiger charge is -2.08. The summed E-state index contributed by atoms with van der Waals surface area (Å²) in [5, 5.41) is 21.4. The van der Waals surface area contributed by atoms with E-state index >= 15 is 0 Å². The van der Waals surface area contributed by atoms with Crippen molar-refractivity contribution in [3.05, 3.63) is 53.6 Å². The van der Waals surface area contributed by atoms with Gasteiger partial charge in [0.2, 0.25) is 0 Å². The second-order valence-electron chi connectivity index (χ2n) is 5.49. The molecule has 1 atom stereocenters. The summed E-state index contributed by atoms with van der Waals surface area (Å²) in [5.74, 6) is -0.128. The number of fused-ring (bicyclic) bond motifs is 2. The summed E-state index contributed by atoms with van der Waals surface area (Å²) in [5.41, 5.74) is 1.91. The number of aromatic amines is 1. The lowest BCUT2D eigenvalue weighted by molar-refractivity contribution is 0.251. The summed E-state index contributed by atoms with van der Waals surface area (Å²) in [4.78, 5) is 6.81. The SMILES string of the molecule is O=S(=O)(O)c1ccc2c(c1)C(O)C(c1c(O)[nH]c3ccccc13)=N2. The van der Waals surface area contributed by atoms with E-state index in [1.165, 1.54) is 18.2 Å². The van der Waals surface area contributed by atoms with E-state index in [4.69, 9.17) is 4.55 Å². The van der Waals surface area contributed by atoms with E-state index in [2.05, 4.69) is 9.98 Å². The van der Waals surface area contributed by atoms with Crippen LogP contribution in [0.4, 0.5) is 5.69 Å². The third kappa shape index (κ3) is 2.12. The Morgan fingerprint density at radius 2 is 1.88 bits per heavy atom. The molecule has 0 aliphatic carbocycles. The van der Waals surface area contributed by atoms with E-state index in [1.807, 2.05) is 6.07 Å². The fraction of sp³-hybridized carbons (Fsp3) is 0.0625. The molecule has 1 aromatic heterocycles. The van der Waals surface area contributed by atoms with Crippen LogP contribution in [0.1, 0.15) is 17.2 Å². The van der Waals surface area contributed by atoms with Crippen LogP contribution >= 0.6 is 0 Å². The molecular weight excluding hydrogens is 332 g/mol. The van der Waals surface area contributed by atoms with Crippen LogP contribution in [-0.2, 0) is 10.1 Å². The van der Waals surface area contributed by atoms with Crippen LogP contribution in [0.3, 0.4) is 0 Å². The number of aliphatic hydroxyl groups is 1. The topological polar surface area (TPSA) is 123 Å². The largest absolute Gasteiger partial charge is 0.494 e. The quantitative estimate of drug-likeness (QED) is 0.531. The maximum absolute atomic E-state index is 11.3. The first kappa shape index (κ1) is 14.9. The summed E-state index contributed by atoms with van der Waals surface area (Å²) >= 11 is 0. The molecule has 4 rings (SSSR count). The molecule has 0 spiro atoms. The van der Waals surface area contributed by atoms with Gasteiger partial charge in [0.25, 0.3) is 10.1 Å². The molecule has 4 N–H and O–H groups in total. The van der Waals surface area contributed by atoms with E-state index in [0.717, 1.165) is 0 Å². The first-order valence-electron chi connectivity index (χ1n) is 7.04. The van der Waals surface area contributed by atoms with Crippen molar-refractivity contribution in [1.82, 2.24) is 4.98 Å². The number of nitrogens with zero attached hydrogens (tertiary/aromatic N) is 1. The van der Waals surface area contributed by atoms with Gasteiger partial charge in [-0.3, -0.25) is 4.55 Å². The van der Waals surface area contributed by atoms with Gasteiger partial charge < -0.3 is 15.2 Å². The lowest BCUT2D eigenvalue weighted by atomic mass is 10.0. The van der Waals surface area contributed by atoms with Gasteiger partial charge in [-0.1, -0.05) is 18.2 Å². The Morgan fingerprint density at radius 3 is 2.62 bits per heavy atom. The molecule has 0 saturated heterocycles. The molecule has 2 aromatic carbocycles. The number of hydrogen-bond donors (Lipinski definition) is 4. The Bertz CT molecular complexity index is 1110. The fourth-order valence-electron chi connectivity index (χ4n) is 2.93. The zero-order chi connectivity index (χ0) is 17.1. The lowest BCUT2D eigenvalue weighted by Crippen LogP contribution is -2.09. The number of rotatable bonds is 2. The average molecular weight is 344 g/mol. The van der Waals surface area contributed by atoms with Gasteiger partial charge in [0.1, 0.15) is 6.10 Å². The summed E-state index contributed by atoms with van der Waals surface area (Å²) in [6, 6.07) is 11.0. The molecule has 3 aromatic rings. The number of benzene rings is 2. The Hall–Kier alpha value is -2.68. The van der Waals surface area contributed by atoms with Crippen molar-refractivity contribution >= 4 is 32.4 Å². The monoisotopic (exact) mass is 344 g/mol. The zero-order valence-corrected chi connectivity index (χ0v) is 12.9. The zero-order valence-electron chi connectivity index (χ0n) is 12.1. The maximum Gasteiger partial charge on any atom is 0.294 e. The van der Waals surface area contributed by atoms with Crippen LogP contribution in [0, 0.1) is 0 Å². The summed E-state index contributed by atoms with van der Waals surface area (Å²) in [6.07, 6.45) is -1.22. The standard InChI is InChI=1S/C16H12N2O5S/c19-15-10-7-8(24(21,22)23)5-6-12(10)17-14(15)13-9-3-1-2-4-11(9)18-16(13)20/h1-7,15,18-20H,(H,21,22,23). The van der Waals surface area contributed by atoms with Gasteiger partial charge in [0, 0.05) is 16.5 Å². The fourth-order valence-corrected chi connectivity index (χ4v) is 3.45. The summed E-state index contributed by atoms with van der Waals surface area (Å²) in [6.45, 7) is 0. The number of H-pyrrole nitrogens is 1. The third-order valence-corrected chi connectivity index (χ3v) is 4.88. The molecule has 7 nitrogen and oxygen atoms in total. The normalized spacial score (nSPS) is 17.1. The first-order chi connectivity index (χ1) is 11.4. The third-order valence-electron chi connectivity index (χ3n) is 4.03. The van der Waals surface area contributed by atoms with Gasteiger partial charge in [0.15, 0.2) is 5.88 Å². The van der Waals surface area contributed by atoms with Gasteiger partial charge in [-0.2, -0.15) is 8.42 Å². The van der Waals surface area contributed by atoms with E-state index in [9.17, 15) is 18.6 Å². The van der Waals surface area contributed by atoms with Crippen molar-refractivity contribution in [3.63, 3.8) is 0 Å². The molecule has 8 heteroatoms. The van der Waals surface area contributed by atoms with Crippen molar-refractivity contribution in [2.24, 2.45) is 4.99 Å². The molecule has 0 fully saturated rings. The van der Waals surface area contributed by atoms with Crippen molar-refractivity contribution in [3.8, 4) is 5.88 Å². The predicted molar refractivity (Wildman–Crippen MR) is 87.4 cm³/mol. The second-order valence-corrected chi connectivity index (χ2v) is 6.91. The van der Waals surface area contributed by atoms with E-state index in [0.29, 0.717) is 22.2 Å². The van der Waals surface area contributed by atoms with Crippen LogP contribution in [-0.4, -0.2) is 33.9 Å². The van der Waals surface area contributed by atoms with Gasteiger partial charge in [-0.15, -0.1) is 0 Å². The molecule has 1 unspecified atom stereocenters. The van der Waals surface area contributed by atoms with E-state index in [1.54, 1.807) is 18.2 Å². The number of nitrogens with one attached hydrogen (secondary N) is 1. The van der Waals surface area contributed by atoms with Crippen molar-refractivity contribution in [1.29, 1.82) is 0 Å². The molecular formula is C16H12N2O5S. The molecule has 0 bridgehead atoms. The van der Waals surface area contributed by atoms with Crippen molar-refractivity contribution < 1.29 is 23.2 Å². The highest BCUT2D eigenvalue weighted by atomic mass is 32.2. The minimum atomic E-state index is -4.38. The van der Waals surface area contributed by atoms with Gasteiger partial charge in [0.05, 0.1) is 21.9 Å². The molecule has 0 saturated carbocycles. The van der Waals surface area contributed by atoms with E-state index in [-0.39, 0.29) is 22.1 Å². The van der Waals surface area contributed by atoms with Crippen LogP contribution in [0.25, 0.3) is 10.9 Å². The number of hydrogen-bond acceptors (Lipinski definition) is 5. The number of aliphatic hydroxyl groups excluding tert-OH is 1. The number of aromatic hydroxyl groups is 1. The summed E-state index contributed by atoms with van der Waals surface area (Å²) in [7, 11) is -4.38. The Morgan fingerprint density at radius 1 is 1.12 bits per heavy atom. The molecule has 24 heavy (non-hydrogen) atoms. The van der Waals surface area contributed by atoms with E-state index < -0.39 is 16.2 Å². The highest BCUT2D eigenvalue weighted by Gasteiger charge is 2.31. The highest BCUT2D eigenvalue weighted by Crippen LogP contribution is 2.41. The van der Waals surface area contributed by atoms with Crippen molar-refractivity contribution in [2.45, 2.75) is 11.0 Å². The first-order valence-corrected chi connectivity index (χ1v) is 8.48. The van der Waals surface area contributed by atoms with Crippen molar-refractivity contribution in [2.75, 3.05) is 0 Å². The molecule has 1 aliphatic rings. The average Bonchev–Trinajstić information content (AvgIpc) is 3.02. The molecule has 1 aliphatic heterocycles. The highest BCUT2D eigenvalue weighted by molar-refractivity contribution is 7.85.